The normalized spacial score (nSPS) is 15.2. The molecule has 1 aliphatic heterocycles. The molecule has 1 aliphatic rings. The van der Waals surface area contributed by atoms with E-state index in [4.69, 9.17) is 9.26 Å². The third kappa shape index (κ3) is 4.28. The molecule has 1 aromatic heterocycles. The van der Waals surface area contributed by atoms with Crippen molar-refractivity contribution < 1.29 is 17.7 Å². The Morgan fingerprint density at radius 3 is 2.47 bits per heavy atom. The zero-order valence-electron chi connectivity index (χ0n) is 17.0. The van der Waals surface area contributed by atoms with Gasteiger partial charge in [0.25, 0.3) is 10.0 Å². The second-order valence-corrected chi connectivity index (χ2v) is 9.22. The van der Waals surface area contributed by atoms with Crippen LogP contribution >= 0.6 is 0 Å². The number of benzene rings is 2. The van der Waals surface area contributed by atoms with Crippen molar-refractivity contribution in [3.05, 3.63) is 54.7 Å². The molecule has 4 rings (SSSR count). The van der Waals surface area contributed by atoms with Gasteiger partial charge in [0.1, 0.15) is 10.6 Å². The van der Waals surface area contributed by atoms with Gasteiger partial charge in [0.05, 0.1) is 13.3 Å². The Hall–Kier alpha value is -3.00. The minimum absolute atomic E-state index is 0.0577. The number of sulfonamides is 1. The topological polar surface area (TPSA) is 84.7 Å². The quantitative estimate of drug-likeness (QED) is 0.628. The predicted octanol–water partition coefficient (Wildman–Crippen LogP) is 4.39. The first-order valence-electron chi connectivity index (χ1n) is 9.93. The summed E-state index contributed by atoms with van der Waals surface area (Å²) in [6.45, 7) is 4.34. The molecule has 1 saturated heterocycles. The minimum atomic E-state index is -3.82. The molecule has 0 atom stereocenters. The maximum Gasteiger partial charge on any atom is 0.265 e. The molecule has 0 saturated carbocycles. The molecule has 1 fully saturated rings. The Morgan fingerprint density at radius 1 is 1.10 bits per heavy atom. The summed E-state index contributed by atoms with van der Waals surface area (Å²) in [5.41, 5.74) is 2.30. The smallest absolute Gasteiger partial charge is 0.265 e. The Bertz CT molecular complexity index is 1090. The number of nitrogens with zero attached hydrogens (tertiary/aromatic N) is 2. The number of nitrogens with one attached hydrogen (secondary N) is 1. The molecule has 2 aromatic carbocycles. The zero-order chi connectivity index (χ0) is 21.1. The second kappa shape index (κ2) is 8.39. The number of aromatic nitrogens is 1. The summed E-state index contributed by atoms with van der Waals surface area (Å²) < 4.78 is 39.0. The lowest BCUT2D eigenvalue weighted by Crippen LogP contribution is -2.32. The highest BCUT2D eigenvalue weighted by Gasteiger charge is 2.21. The molecule has 0 aliphatic carbocycles. The highest BCUT2D eigenvalue weighted by atomic mass is 32.2. The molecule has 1 N–H and O–H groups in total. The van der Waals surface area contributed by atoms with Gasteiger partial charge in [-0.1, -0.05) is 12.1 Å². The van der Waals surface area contributed by atoms with Gasteiger partial charge in [0.15, 0.2) is 5.76 Å². The number of rotatable bonds is 6. The van der Waals surface area contributed by atoms with Crippen molar-refractivity contribution in [2.45, 2.75) is 24.7 Å². The van der Waals surface area contributed by atoms with Gasteiger partial charge in [-0.25, -0.2) is 8.42 Å². The van der Waals surface area contributed by atoms with E-state index in [9.17, 15) is 8.42 Å². The van der Waals surface area contributed by atoms with Crippen LogP contribution < -0.4 is 14.4 Å². The molecule has 0 unspecified atom stereocenters. The van der Waals surface area contributed by atoms with E-state index in [1.807, 2.05) is 12.1 Å². The first kappa shape index (κ1) is 20.3. The summed E-state index contributed by atoms with van der Waals surface area (Å²) >= 11 is 0. The number of hydrogen-bond acceptors (Lipinski definition) is 6. The molecule has 2 heterocycles. The van der Waals surface area contributed by atoms with E-state index < -0.39 is 10.0 Å². The number of ether oxygens (including phenoxy) is 1. The third-order valence-corrected chi connectivity index (χ3v) is 6.86. The van der Waals surface area contributed by atoms with Crippen LogP contribution in [0.15, 0.2) is 64.1 Å². The minimum Gasteiger partial charge on any atom is -0.495 e. The third-order valence-electron chi connectivity index (χ3n) is 5.44. The summed E-state index contributed by atoms with van der Waals surface area (Å²) in [5, 5.41) is 3.68. The molecular weight excluding hydrogens is 402 g/mol. The Kier molecular flexibility index (Phi) is 5.67. The SMILES string of the molecule is COc1cc(-c2ccno2)ccc1S(=O)(=O)Nc1ccc(N2CCC(C)CC2)cc1. The summed E-state index contributed by atoms with van der Waals surface area (Å²) in [6, 6.07) is 14.0. The van der Waals surface area contributed by atoms with Crippen molar-refractivity contribution in [1.29, 1.82) is 0 Å². The van der Waals surface area contributed by atoms with Crippen LogP contribution in [0.4, 0.5) is 11.4 Å². The van der Waals surface area contributed by atoms with Gasteiger partial charge in [0, 0.05) is 36.1 Å². The molecule has 30 heavy (non-hydrogen) atoms. The highest BCUT2D eigenvalue weighted by molar-refractivity contribution is 7.92. The largest absolute Gasteiger partial charge is 0.495 e. The molecular formula is C22H25N3O4S. The van der Waals surface area contributed by atoms with Crippen LogP contribution in [0.1, 0.15) is 19.8 Å². The summed E-state index contributed by atoms with van der Waals surface area (Å²) in [6.07, 6.45) is 3.89. The molecule has 3 aromatic rings. The van der Waals surface area contributed by atoms with E-state index in [-0.39, 0.29) is 10.6 Å². The Balaban J connectivity index is 1.53. The molecule has 7 nitrogen and oxygen atoms in total. The van der Waals surface area contributed by atoms with E-state index in [1.165, 1.54) is 32.2 Å². The predicted molar refractivity (Wildman–Crippen MR) is 116 cm³/mol. The number of anilines is 2. The van der Waals surface area contributed by atoms with Crippen molar-refractivity contribution >= 4 is 21.4 Å². The van der Waals surface area contributed by atoms with E-state index in [2.05, 4.69) is 21.7 Å². The fourth-order valence-electron chi connectivity index (χ4n) is 3.62. The van der Waals surface area contributed by atoms with E-state index in [0.29, 0.717) is 17.0 Å². The average Bonchev–Trinajstić information content (AvgIpc) is 3.29. The number of piperidine rings is 1. The van der Waals surface area contributed by atoms with Crippen molar-refractivity contribution in [2.75, 3.05) is 29.8 Å². The Morgan fingerprint density at radius 2 is 1.83 bits per heavy atom. The van der Waals surface area contributed by atoms with E-state index in [1.54, 1.807) is 30.3 Å². The lowest BCUT2D eigenvalue weighted by atomic mass is 9.99. The lowest BCUT2D eigenvalue weighted by Gasteiger charge is -2.32. The first-order chi connectivity index (χ1) is 14.5. The zero-order valence-corrected chi connectivity index (χ0v) is 17.9. The van der Waals surface area contributed by atoms with E-state index >= 15 is 0 Å². The first-order valence-corrected chi connectivity index (χ1v) is 11.4. The van der Waals surface area contributed by atoms with Gasteiger partial charge in [-0.3, -0.25) is 4.72 Å². The van der Waals surface area contributed by atoms with Crippen LogP contribution in [0.2, 0.25) is 0 Å². The van der Waals surface area contributed by atoms with Gasteiger partial charge >= 0.3 is 0 Å². The van der Waals surface area contributed by atoms with Crippen LogP contribution in [-0.2, 0) is 10.0 Å². The van der Waals surface area contributed by atoms with Gasteiger partial charge in [-0.2, -0.15) is 0 Å². The molecule has 0 spiro atoms. The summed E-state index contributed by atoms with van der Waals surface area (Å²) in [4.78, 5) is 2.39. The van der Waals surface area contributed by atoms with Crippen molar-refractivity contribution in [1.82, 2.24) is 5.16 Å². The number of methoxy groups -OCH3 is 1. The van der Waals surface area contributed by atoms with Crippen LogP contribution in [0, 0.1) is 5.92 Å². The van der Waals surface area contributed by atoms with Crippen molar-refractivity contribution in [3.63, 3.8) is 0 Å². The summed E-state index contributed by atoms with van der Waals surface area (Å²) in [7, 11) is -2.38. The van der Waals surface area contributed by atoms with Crippen molar-refractivity contribution in [2.24, 2.45) is 5.92 Å². The molecule has 8 heteroatoms. The fraction of sp³-hybridized carbons (Fsp3) is 0.318. The average molecular weight is 428 g/mol. The highest BCUT2D eigenvalue weighted by Crippen LogP contribution is 2.32. The van der Waals surface area contributed by atoms with Gasteiger partial charge < -0.3 is 14.2 Å². The molecule has 0 bridgehead atoms. The maximum atomic E-state index is 13.0. The molecule has 0 radical (unpaired) electrons. The molecule has 0 amide bonds. The second-order valence-electron chi connectivity index (χ2n) is 7.56. The van der Waals surface area contributed by atoms with Gasteiger partial charge in [-0.05, 0) is 61.2 Å². The lowest BCUT2D eigenvalue weighted by molar-refractivity contribution is 0.402. The fourth-order valence-corrected chi connectivity index (χ4v) is 4.84. The van der Waals surface area contributed by atoms with Crippen LogP contribution in [0.25, 0.3) is 11.3 Å². The number of hydrogen-bond donors (Lipinski definition) is 1. The van der Waals surface area contributed by atoms with Crippen LogP contribution in [0.5, 0.6) is 5.75 Å². The summed E-state index contributed by atoms with van der Waals surface area (Å²) in [5.74, 6) is 1.53. The van der Waals surface area contributed by atoms with E-state index in [0.717, 1.165) is 24.7 Å². The maximum absolute atomic E-state index is 13.0. The van der Waals surface area contributed by atoms with Gasteiger partial charge in [0.2, 0.25) is 0 Å². The Labute approximate surface area is 176 Å². The van der Waals surface area contributed by atoms with Gasteiger partial charge in [-0.15, -0.1) is 0 Å². The van der Waals surface area contributed by atoms with Crippen LogP contribution in [0.3, 0.4) is 0 Å². The van der Waals surface area contributed by atoms with Crippen molar-refractivity contribution in [3.8, 4) is 17.1 Å². The van der Waals surface area contributed by atoms with Crippen LogP contribution in [-0.4, -0.2) is 33.8 Å². The monoisotopic (exact) mass is 427 g/mol. The molecule has 158 valence electrons. The standard InChI is InChI=1S/C22H25N3O4S/c1-16-10-13-25(14-11-16)19-6-4-18(5-7-19)24-30(26,27)22-8-3-17(15-21(22)28-2)20-9-12-23-29-20/h3-9,12,15-16,24H,10-11,13-14H2,1-2H3.